The predicted octanol–water partition coefficient (Wildman–Crippen LogP) is -0.422. The summed E-state index contributed by atoms with van der Waals surface area (Å²) in [7, 11) is 0. The average molecular weight is 780 g/mol. The van der Waals surface area contributed by atoms with Gasteiger partial charge < -0.3 is 53.2 Å². The second kappa shape index (κ2) is 14.1. The predicted molar refractivity (Wildman–Crippen MR) is 177 cm³/mol. The van der Waals surface area contributed by atoms with Gasteiger partial charge >= 0.3 is 41.8 Å². The number of carbonyl (C=O) groups excluding carboxylic acids is 7. The van der Waals surface area contributed by atoms with Crippen LogP contribution in [0.25, 0.3) is 0 Å². The largest absolute Gasteiger partial charge is 0.465 e. The Morgan fingerprint density at radius 1 is 0.855 bits per heavy atom. The number of hydrogen-bond donors (Lipinski definition) is 3. The van der Waals surface area contributed by atoms with Crippen LogP contribution in [0.4, 0.5) is 0 Å². The van der Waals surface area contributed by atoms with Gasteiger partial charge in [0.15, 0.2) is 23.4 Å². The first-order valence-electron chi connectivity index (χ1n) is 17.4. The summed E-state index contributed by atoms with van der Waals surface area (Å²) < 4.78 is 47.4. The molecule has 2 aliphatic heterocycles. The van der Waals surface area contributed by atoms with Crippen LogP contribution >= 0.6 is 0 Å². The van der Waals surface area contributed by atoms with Crippen molar-refractivity contribution in [2.75, 3.05) is 13.2 Å². The summed E-state index contributed by atoms with van der Waals surface area (Å²) in [5.41, 5.74) is -13.0. The van der Waals surface area contributed by atoms with Crippen molar-refractivity contribution in [1.82, 2.24) is 4.98 Å². The highest BCUT2D eigenvalue weighted by Gasteiger charge is 2.91. The molecule has 1 saturated heterocycles. The van der Waals surface area contributed by atoms with Crippen LogP contribution in [-0.4, -0.2) is 134 Å². The van der Waals surface area contributed by atoms with Gasteiger partial charge in [-0.15, -0.1) is 0 Å². The molecule has 0 unspecified atom stereocenters. The summed E-state index contributed by atoms with van der Waals surface area (Å²) in [6.45, 7) is 7.80. The van der Waals surface area contributed by atoms with Crippen LogP contribution in [-0.2, 0) is 66.7 Å². The third-order valence-corrected chi connectivity index (χ3v) is 11.3. The summed E-state index contributed by atoms with van der Waals surface area (Å²) in [5.74, 6) is -10.5. The van der Waals surface area contributed by atoms with Crippen LogP contribution in [0.3, 0.4) is 0 Å². The van der Waals surface area contributed by atoms with E-state index in [2.05, 4.69) is 4.98 Å². The van der Waals surface area contributed by atoms with Crippen molar-refractivity contribution in [3.8, 4) is 0 Å². The van der Waals surface area contributed by atoms with Crippen LogP contribution in [0.2, 0.25) is 0 Å². The molecule has 0 amide bonds. The molecular weight excluding hydrogens is 734 g/mol. The van der Waals surface area contributed by atoms with Gasteiger partial charge in [-0.3, -0.25) is 29.0 Å². The van der Waals surface area contributed by atoms with Crippen LogP contribution in [0.1, 0.15) is 84.2 Å². The maximum atomic E-state index is 14.2. The van der Waals surface area contributed by atoms with Gasteiger partial charge in [0.2, 0.25) is 0 Å². The first kappa shape index (κ1) is 41.4. The fraction of sp³-hybridized carbons (Fsp3) is 0.667. The maximum absolute atomic E-state index is 14.2. The molecule has 13 atom stereocenters. The molecule has 55 heavy (non-hydrogen) atoms. The van der Waals surface area contributed by atoms with Crippen molar-refractivity contribution in [2.24, 2.45) is 11.3 Å². The minimum absolute atomic E-state index is 0.0753. The molecule has 2 aliphatic carbocycles. The zero-order valence-corrected chi connectivity index (χ0v) is 31.7. The van der Waals surface area contributed by atoms with E-state index in [-0.39, 0.29) is 11.1 Å². The molecule has 3 N–H and O–H groups in total. The SMILES string of the molecule is CC(=O)OC[C@]12[C@@H](OC(C)=O)[C@H](O)[C@H]3OC(=O)[C@@](C)(O)[C@@H](C)c4ccncc4C(=O)OC[C@]4(C)O[C@]1([C@@H](OC(C)=O)[C@H]4[C@@H](OC(C)=O)[C@@H]2OC(C)=O)[C@@]3(C)O. The highest BCUT2D eigenvalue weighted by molar-refractivity contribution is 5.92. The Balaban J connectivity index is 1.98. The normalized spacial score (nSPS) is 40.7. The molecule has 1 aromatic heterocycles. The third-order valence-electron chi connectivity index (χ3n) is 11.3. The molecule has 4 aliphatic rings. The summed E-state index contributed by atoms with van der Waals surface area (Å²) in [6.07, 6.45) is -10.1. The molecule has 3 fully saturated rings. The fourth-order valence-corrected chi connectivity index (χ4v) is 9.01. The Bertz CT molecular complexity index is 1790. The van der Waals surface area contributed by atoms with Crippen molar-refractivity contribution in [2.45, 2.75) is 127 Å². The smallest absolute Gasteiger partial charge is 0.340 e. The lowest BCUT2D eigenvalue weighted by atomic mass is 9.45. The van der Waals surface area contributed by atoms with Gasteiger partial charge in [0.1, 0.15) is 54.2 Å². The zero-order valence-electron chi connectivity index (χ0n) is 31.7. The second-order valence-corrected chi connectivity index (χ2v) is 15.0. The van der Waals surface area contributed by atoms with E-state index in [4.69, 9.17) is 37.9 Å². The Morgan fingerprint density at radius 3 is 1.98 bits per heavy atom. The number of pyridine rings is 1. The van der Waals surface area contributed by atoms with E-state index < -0.39 is 131 Å². The van der Waals surface area contributed by atoms with Crippen LogP contribution in [0.15, 0.2) is 18.5 Å². The van der Waals surface area contributed by atoms with Crippen molar-refractivity contribution in [3.05, 3.63) is 29.6 Å². The molecule has 1 aromatic rings. The van der Waals surface area contributed by atoms with Gasteiger partial charge in [0.05, 0.1) is 11.5 Å². The van der Waals surface area contributed by atoms with Gasteiger partial charge in [0.25, 0.3) is 0 Å². The van der Waals surface area contributed by atoms with E-state index in [9.17, 15) is 48.9 Å². The van der Waals surface area contributed by atoms with E-state index in [0.717, 1.165) is 54.7 Å². The van der Waals surface area contributed by atoms with E-state index >= 15 is 0 Å². The fourth-order valence-electron chi connectivity index (χ4n) is 9.01. The number of esters is 7. The van der Waals surface area contributed by atoms with Gasteiger partial charge in [-0.05, 0) is 32.4 Å². The average Bonchev–Trinajstić information content (AvgIpc) is 3.29. The number of aromatic nitrogens is 1. The van der Waals surface area contributed by atoms with Gasteiger partial charge in [-0.25, -0.2) is 9.59 Å². The number of rotatable bonds is 6. The first-order chi connectivity index (χ1) is 25.4. The first-order valence-corrected chi connectivity index (χ1v) is 17.4. The van der Waals surface area contributed by atoms with Gasteiger partial charge in [-0.2, -0.15) is 0 Å². The molecule has 5 rings (SSSR count). The molecule has 0 aromatic carbocycles. The highest BCUT2D eigenvalue weighted by Crippen LogP contribution is 2.70. The number of hydrogen-bond acceptors (Lipinski definition) is 19. The molecule has 19 heteroatoms. The number of aliphatic hydroxyl groups excluding tert-OH is 1. The number of carbonyl (C=O) groups is 7. The molecule has 3 heterocycles. The zero-order chi connectivity index (χ0) is 41.2. The number of cyclic esters (lactones) is 1. The molecule has 302 valence electrons. The van der Waals surface area contributed by atoms with E-state index in [0.29, 0.717) is 0 Å². The number of ether oxygens (including phenoxy) is 8. The Hall–Kier alpha value is -4.72. The third kappa shape index (κ3) is 6.30. The summed E-state index contributed by atoms with van der Waals surface area (Å²) in [4.78, 5) is 96.8. The van der Waals surface area contributed by atoms with Crippen LogP contribution < -0.4 is 0 Å². The summed E-state index contributed by atoms with van der Waals surface area (Å²) in [6, 6.07) is 1.35. The molecule has 0 radical (unpaired) electrons. The lowest BCUT2D eigenvalue weighted by Crippen LogP contribution is -2.89. The van der Waals surface area contributed by atoms with Crippen LogP contribution in [0.5, 0.6) is 0 Å². The van der Waals surface area contributed by atoms with E-state index in [1.54, 1.807) is 0 Å². The van der Waals surface area contributed by atoms with E-state index in [1.165, 1.54) is 26.1 Å². The van der Waals surface area contributed by atoms with Crippen LogP contribution in [0, 0.1) is 11.3 Å². The number of nitrogens with zero attached hydrogens (tertiary/aromatic N) is 1. The second-order valence-electron chi connectivity index (χ2n) is 15.0. The van der Waals surface area contributed by atoms with Crippen molar-refractivity contribution < 1.29 is 86.8 Å². The maximum Gasteiger partial charge on any atom is 0.340 e. The number of aliphatic hydroxyl groups is 3. The highest BCUT2D eigenvalue weighted by atomic mass is 16.7. The Kier molecular flexibility index (Phi) is 10.6. The standard InChI is InChI=1S/C36H45NO18/c1-15-21-10-11-37-12-22(21)30(44)49-13-32(7)23-25(50-17(3)39)29(53-20(6)42)35(14-48-16(2)38)28(52-19(5)41)24(43)27(54-31(45)33(15,8)46)34(9,47)36(35,55-32)26(23)51-18(4)40/h10-12,15,23-29,43,46-47H,13-14H2,1-9H3/t15-,23+,24+,25+,26-,27+,28-,29-,32-,33-,34-,35+,36+/m0/s1. The lowest BCUT2D eigenvalue weighted by Gasteiger charge is -2.67. The topological polar surface area (TPSA) is 267 Å². The van der Waals surface area contributed by atoms with Gasteiger partial charge in [0, 0.05) is 52.9 Å². The van der Waals surface area contributed by atoms with Crippen molar-refractivity contribution >= 4 is 41.8 Å². The van der Waals surface area contributed by atoms with Crippen molar-refractivity contribution in [1.29, 1.82) is 0 Å². The van der Waals surface area contributed by atoms with Gasteiger partial charge in [-0.1, -0.05) is 6.92 Å². The minimum Gasteiger partial charge on any atom is -0.465 e. The summed E-state index contributed by atoms with van der Waals surface area (Å²) in [5, 5.41) is 37.2. The Morgan fingerprint density at radius 2 is 1.42 bits per heavy atom. The monoisotopic (exact) mass is 779 g/mol. The molecule has 2 saturated carbocycles. The minimum atomic E-state index is -2.90. The molecule has 19 nitrogen and oxygen atoms in total. The number of fused-ring (bicyclic) bond motifs is 5. The molecular formula is C36H45NO18. The lowest BCUT2D eigenvalue weighted by molar-refractivity contribution is -0.387. The van der Waals surface area contributed by atoms with Crippen molar-refractivity contribution in [3.63, 3.8) is 0 Å². The Labute approximate surface area is 314 Å². The molecule has 1 spiro atoms. The summed E-state index contributed by atoms with van der Waals surface area (Å²) >= 11 is 0. The molecule has 4 bridgehead atoms. The van der Waals surface area contributed by atoms with E-state index in [1.807, 2.05) is 0 Å². The quantitative estimate of drug-likeness (QED) is 0.244.